The molecule has 0 aliphatic carbocycles. The second kappa shape index (κ2) is 7.60. The number of benzene rings is 1. The van der Waals surface area contributed by atoms with Crippen LogP contribution in [0.25, 0.3) is 0 Å². The maximum atomic E-state index is 13.8. The van der Waals surface area contributed by atoms with Gasteiger partial charge < -0.3 is 20.1 Å². The summed E-state index contributed by atoms with van der Waals surface area (Å²) in [6.45, 7) is 5.34. The highest BCUT2D eigenvalue weighted by molar-refractivity contribution is 5.55. The molecule has 5 heteroatoms. The van der Waals surface area contributed by atoms with Crippen molar-refractivity contribution in [3.05, 3.63) is 29.6 Å². The first kappa shape index (κ1) is 16.7. The lowest BCUT2D eigenvalue weighted by molar-refractivity contribution is 0.0754. The largest absolute Gasteiger partial charge is 0.393 e. The highest BCUT2D eigenvalue weighted by atomic mass is 19.1. The Kier molecular flexibility index (Phi) is 5.51. The lowest BCUT2D eigenvalue weighted by Gasteiger charge is -2.35. The summed E-state index contributed by atoms with van der Waals surface area (Å²) in [4.78, 5) is 2.27. The van der Waals surface area contributed by atoms with E-state index < -0.39 is 0 Å². The molecular weight excluding hydrogens is 295 g/mol. The van der Waals surface area contributed by atoms with Gasteiger partial charge in [-0.05, 0) is 56.4 Å². The van der Waals surface area contributed by atoms with E-state index in [9.17, 15) is 9.50 Å². The molecule has 0 amide bonds. The molecule has 2 aliphatic heterocycles. The Morgan fingerprint density at radius 1 is 1.22 bits per heavy atom. The van der Waals surface area contributed by atoms with Crippen molar-refractivity contribution in [2.45, 2.75) is 50.8 Å². The molecule has 2 heterocycles. The number of hydrogen-bond donors (Lipinski definition) is 2. The number of piperidine rings is 1. The van der Waals surface area contributed by atoms with Crippen LogP contribution in [0.3, 0.4) is 0 Å². The predicted octanol–water partition coefficient (Wildman–Crippen LogP) is 2.62. The average molecular weight is 322 g/mol. The maximum absolute atomic E-state index is 13.8. The van der Waals surface area contributed by atoms with Crippen LogP contribution in [0.4, 0.5) is 10.1 Å². The van der Waals surface area contributed by atoms with Crippen molar-refractivity contribution in [3.63, 3.8) is 0 Å². The van der Waals surface area contributed by atoms with Crippen LogP contribution >= 0.6 is 0 Å². The van der Waals surface area contributed by atoms with E-state index in [1.807, 2.05) is 6.07 Å². The van der Waals surface area contributed by atoms with E-state index in [0.717, 1.165) is 63.2 Å². The maximum Gasteiger partial charge on any atom is 0.123 e. The molecule has 0 saturated carbocycles. The summed E-state index contributed by atoms with van der Waals surface area (Å²) in [5.41, 5.74) is 2.10. The quantitative estimate of drug-likeness (QED) is 0.894. The van der Waals surface area contributed by atoms with Gasteiger partial charge in [0.15, 0.2) is 0 Å². The summed E-state index contributed by atoms with van der Waals surface area (Å²) in [6, 6.07) is 5.58. The van der Waals surface area contributed by atoms with Crippen molar-refractivity contribution in [1.82, 2.24) is 5.32 Å². The minimum absolute atomic E-state index is 0.0932. The summed E-state index contributed by atoms with van der Waals surface area (Å²) < 4.78 is 19.2. The van der Waals surface area contributed by atoms with Crippen molar-refractivity contribution in [2.24, 2.45) is 0 Å². The van der Waals surface area contributed by atoms with Gasteiger partial charge in [0.05, 0.1) is 6.10 Å². The number of nitrogens with one attached hydrogen (secondary N) is 1. The summed E-state index contributed by atoms with van der Waals surface area (Å²) in [7, 11) is 0. The molecule has 2 fully saturated rings. The van der Waals surface area contributed by atoms with Gasteiger partial charge in [0.2, 0.25) is 0 Å². The van der Waals surface area contributed by atoms with Crippen LogP contribution < -0.4 is 10.2 Å². The van der Waals surface area contributed by atoms with E-state index in [4.69, 9.17) is 4.74 Å². The summed E-state index contributed by atoms with van der Waals surface area (Å²) in [5, 5.41) is 13.3. The summed E-state index contributed by atoms with van der Waals surface area (Å²) in [6.07, 6.45) is 3.36. The molecule has 2 aliphatic rings. The fourth-order valence-electron chi connectivity index (χ4n) is 3.57. The minimum atomic E-state index is -0.201. The summed E-state index contributed by atoms with van der Waals surface area (Å²) in [5.74, 6) is -0.193. The highest BCUT2D eigenvalue weighted by Crippen LogP contribution is 2.30. The normalized spacial score (nSPS) is 22.3. The molecule has 0 spiro atoms. The Balaban J connectivity index is 1.75. The zero-order valence-corrected chi connectivity index (χ0v) is 13.8. The van der Waals surface area contributed by atoms with Crippen LogP contribution in [-0.4, -0.2) is 43.6 Å². The molecule has 1 aromatic rings. The lowest BCUT2D eigenvalue weighted by Crippen LogP contribution is -2.39. The first-order valence-electron chi connectivity index (χ1n) is 8.69. The number of ether oxygens (including phenoxy) is 1. The van der Waals surface area contributed by atoms with Gasteiger partial charge in [0.1, 0.15) is 5.82 Å². The Labute approximate surface area is 137 Å². The second-order valence-corrected chi connectivity index (χ2v) is 6.70. The number of rotatable bonds is 4. The Morgan fingerprint density at radius 2 is 1.91 bits per heavy atom. The SMILES string of the molecule is CC(NC1CCOCC1)c1cc(F)ccc1N1CCC(O)CC1. The standard InChI is InChI=1S/C18H27FN2O2/c1-13(20-15-6-10-23-11-7-15)17-12-14(19)2-3-18(17)21-8-4-16(22)5-9-21/h2-3,12-13,15-16,20,22H,4-11H2,1H3. The molecular formula is C18H27FN2O2. The van der Waals surface area contributed by atoms with E-state index in [1.54, 1.807) is 6.07 Å². The van der Waals surface area contributed by atoms with Gasteiger partial charge in [-0.15, -0.1) is 0 Å². The van der Waals surface area contributed by atoms with Crippen molar-refractivity contribution < 1.29 is 14.2 Å². The third-order valence-electron chi connectivity index (χ3n) is 4.97. The highest BCUT2D eigenvalue weighted by Gasteiger charge is 2.23. The zero-order valence-electron chi connectivity index (χ0n) is 13.8. The molecule has 23 heavy (non-hydrogen) atoms. The molecule has 2 N–H and O–H groups in total. The van der Waals surface area contributed by atoms with Gasteiger partial charge in [-0.25, -0.2) is 4.39 Å². The lowest BCUT2D eigenvalue weighted by atomic mass is 9.99. The van der Waals surface area contributed by atoms with E-state index in [-0.39, 0.29) is 18.0 Å². The number of anilines is 1. The van der Waals surface area contributed by atoms with E-state index in [2.05, 4.69) is 17.1 Å². The van der Waals surface area contributed by atoms with Crippen LogP contribution in [0.2, 0.25) is 0 Å². The fourth-order valence-corrected chi connectivity index (χ4v) is 3.57. The molecule has 128 valence electrons. The minimum Gasteiger partial charge on any atom is -0.393 e. The molecule has 1 aromatic carbocycles. The van der Waals surface area contributed by atoms with Crippen LogP contribution in [0.1, 0.15) is 44.2 Å². The Morgan fingerprint density at radius 3 is 2.61 bits per heavy atom. The number of aliphatic hydroxyl groups is 1. The van der Waals surface area contributed by atoms with Gasteiger partial charge in [-0.3, -0.25) is 0 Å². The molecule has 1 atom stereocenters. The molecule has 3 rings (SSSR count). The first-order chi connectivity index (χ1) is 11.1. The van der Waals surface area contributed by atoms with Gasteiger partial charge in [-0.1, -0.05) is 0 Å². The number of aliphatic hydroxyl groups excluding tert-OH is 1. The summed E-state index contributed by atoms with van der Waals surface area (Å²) >= 11 is 0. The van der Waals surface area contributed by atoms with Crippen molar-refractivity contribution >= 4 is 5.69 Å². The van der Waals surface area contributed by atoms with Crippen molar-refractivity contribution in [3.8, 4) is 0 Å². The Bertz CT molecular complexity index is 512. The molecule has 2 saturated heterocycles. The topological polar surface area (TPSA) is 44.7 Å². The van der Waals surface area contributed by atoms with Gasteiger partial charge in [-0.2, -0.15) is 0 Å². The smallest absolute Gasteiger partial charge is 0.123 e. The second-order valence-electron chi connectivity index (χ2n) is 6.70. The van der Waals surface area contributed by atoms with Gasteiger partial charge in [0.25, 0.3) is 0 Å². The van der Waals surface area contributed by atoms with E-state index in [0.29, 0.717) is 6.04 Å². The van der Waals surface area contributed by atoms with Crippen LogP contribution in [0, 0.1) is 5.82 Å². The number of nitrogens with zero attached hydrogens (tertiary/aromatic N) is 1. The van der Waals surface area contributed by atoms with Gasteiger partial charge >= 0.3 is 0 Å². The Hall–Kier alpha value is -1.17. The van der Waals surface area contributed by atoms with E-state index >= 15 is 0 Å². The van der Waals surface area contributed by atoms with Crippen molar-refractivity contribution in [2.75, 3.05) is 31.2 Å². The molecule has 4 nitrogen and oxygen atoms in total. The molecule has 1 unspecified atom stereocenters. The van der Waals surface area contributed by atoms with E-state index in [1.165, 1.54) is 6.07 Å². The fraction of sp³-hybridized carbons (Fsp3) is 0.667. The van der Waals surface area contributed by atoms with Crippen molar-refractivity contribution in [1.29, 1.82) is 0 Å². The van der Waals surface area contributed by atoms with Gasteiger partial charge in [0, 0.05) is 44.1 Å². The first-order valence-corrected chi connectivity index (χ1v) is 8.69. The zero-order chi connectivity index (χ0) is 16.2. The third-order valence-corrected chi connectivity index (χ3v) is 4.97. The molecule has 0 radical (unpaired) electrons. The van der Waals surface area contributed by atoms with Crippen LogP contribution in [0.15, 0.2) is 18.2 Å². The van der Waals surface area contributed by atoms with Crippen LogP contribution in [0.5, 0.6) is 0 Å². The number of hydrogen-bond acceptors (Lipinski definition) is 4. The number of halogens is 1. The molecule has 0 bridgehead atoms. The predicted molar refractivity (Wildman–Crippen MR) is 89.2 cm³/mol. The van der Waals surface area contributed by atoms with Crippen LogP contribution in [-0.2, 0) is 4.74 Å². The monoisotopic (exact) mass is 322 g/mol. The third kappa shape index (κ3) is 4.22. The molecule has 0 aromatic heterocycles. The average Bonchev–Trinajstić information content (AvgIpc) is 2.56.